The molecular formula is C31H30F2N2O9. The second kappa shape index (κ2) is 12.8. The molecule has 44 heavy (non-hydrogen) atoms. The minimum absolute atomic E-state index is 0.0249. The molecule has 2 aliphatic rings. The van der Waals surface area contributed by atoms with Crippen molar-refractivity contribution in [2.75, 3.05) is 12.1 Å². The van der Waals surface area contributed by atoms with E-state index in [1.165, 1.54) is 37.3 Å². The number of aliphatic hydroxyl groups is 2. The third-order valence-corrected chi connectivity index (χ3v) is 7.40. The molecule has 0 saturated heterocycles. The van der Waals surface area contributed by atoms with E-state index in [1.807, 2.05) is 0 Å². The van der Waals surface area contributed by atoms with Crippen molar-refractivity contribution in [3.8, 4) is 28.7 Å². The van der Waals surface area contributed by atoms with Crippen LogP contribution in [0.2, 0.25) is 0 Å². The molecule has 5 rings (SSSR count). The third-order valence-electron chi connectivity index (χ3n) is 7.40. The van der Waals surface area contributed by atoms with Crippen LogP contribution in [0, 0.1) is 17.6 Å². The van der Waals surface area contributed by atoms with Crippen molar-refractivity contribution < 1.29 is 53.0 Å². The number of anilines is 1. The van der Waals surface area contributed by atoms with Gasteiger partial charge in [0.2, 0.25) is 12.5 Å². The number of phenolic OH excluding ortho intramolecular Hbond substituents is 2. The maximum absolute atomic E-state index is 15.0. The van der Waals surface area contributed by atoms with E-state index < -0.39 is 53.3 Å². The van der Waals surface area contributed by atoms with Crippen molar-refractivity contribution in [2.24, 2.45) is 11.1 Å². The number of amides is 1. The standard InChI is InChI=1S/C31H30F2N2O9/c1-15(31(40)34-26-23(36)12-25-30(29(26)39)42-14-41-25)9-17-7-8-19(10-22(17)33)44-24-11-20(27(37)28(24)38)16(2)35-43-13-18-5-3-4-6-21(18)32/h3-10,12,20,24,27-28,36-39H,11,13-14H2,1-2H3,(H,34,40)/b15-9+,35-16+/t20-,24-,27-,28-/m1/s1. The number of aliphatic hydroxyl groups excluding tert-OH is 2. The first-order valence-corrected chi connectivity index (χ1v) is 13.6. The van der Waals surface area contributed by atoms with Gasteiger partial charge in [0.1, 0.15) is 47.6 Å². The largest absolute Gasteiger partial charge is 0.505 e. The zero-order valence-electron chi connectivity index (χ0n) is 23.7. The zero-order valence-corrected chi connectivity index (χ0v) is 23.7. The SMILES string of the molecule is C/C(=C\c1ccc(O[C@@H]2C[C@H](/C(C)=N/OCc3ccccc3F)[C@@H](O)[C@@H]2O)cc1F)C(=O)Nc1c(O)cc2c(c1O)OCO2. The summed E-state index contributed by atoms with van der Waals surface area (Å²) < 4.78 is 44.8. The van der Waals surface area contributed by atoms with E-state index in [4.69, 9.17) is 19.0 Å². The van der Waals surface area contributed by atoms with Crippen LogP contribution in [0.5, 0.6) is 28.7 Å². The van der Waals surface area contributed by atoms with Crippen LogP contribution in [0.3, 0.4) is 0 Å². The van der Waals surface area contributed by atoms with Crippen molar-refractivity contribution >= 4 is 23.4 Å². The Morgan fingerprint density at radius 2 is 1.84 bits per heavy atom. The van der Waals surface area contributed by atoms with Crippen LogP contribution >= 0.6 is 0 Å². The summed E-state index contributed by atoms with van der Waals surface area (Å²) in [6, 6.07) is 11.2. The van der Waals surface area contributed by atoms with Crippen molar-refractivity contribution in [2.45, 2.75) is 45.2 Å². The van der Waals surface area contributed by atoms with Gasteiger partial charge in [0.25, 0.3) is 5.91 Å². The van der Waals surface area contributed by atoms with Crippen LogP contribution in [0.4, 0.5) is 14.5 Å². The molecule has 1 aliphatic carbocycles. The Morgan fingerprint density at radius 3 is 2.59 bits per heavy atom. The fraction of sp³-hybridized carbons (Fsp3) is 0.290. The maximum atomic E-state index is 15.0. The van der Waals surface area contributed by atoms with Gasteiger partial charge >= 0.3 is 0 Å². The van der Waals surface area contributed by atoms with Crippen LogP contribution in [0.15, 0.2) is 59.3 Å². The molecule has 3 aromatic rings. The Kier molecular flexibility index (Phi) is 8.88. The van der Waals surface area contributed by atoms with Gasteiger partial charge < -0.3 is 44.8 Å². The monoisotopic (exact) mass is 612 g/mol. The smallest absolute Gasteiger partial charge is 0.251 e. The Hall–Kier alpha value is -4.88. The van der Waals surface area contributed by atoms with Gasteiger partial charge in [-0.05, 0) is 44.5 Å². The lowest BCUT2D eigenvalue weighted by Gasteiger charge is -2.18. The first-order valence-electron chi connectivity index (χ1n) is 13.6. The number of carbonyl (C=O) groups is 1. The van der Waals surface area contributed by atoms with Gasteiger partial charge in [0, 0.05) is 34.8 Å². The maximum Gasteiger partial charge on any atom is 0.251 e. The van der Waals surface area contributed by atoms with Gasteiger partial charge in [-0.25, -0.2) is 8.78 Å². The van der Waals surface area contributed by atoms with E-state index in [0.29, 0.717) is 11.3 Å². The summed E-state index contributed by atoms with van der Waals surface area (Å²) >= 11 is 0. The average Bonchev–Trinajstić information content (AvgIpc) is 3.57. The number of ether oxygens (including phenoxy) is 3. The number of phenols is 2. The second-order valence-corrected chi connectivity index (χ2v) is 10.4. The van der Waals surface area contributed by atoms with Crippen LogP contribution in [-0.4, -0.2) is 57.1 Å². The highest BCUT2D eigenvalue weighted by atomic mass is 19.1. The summed E-state index contributed by atoms with van der Waals surface area (Å²) in [5.41, 5.74) is 0.504. The topological polar surface area (TPSA) is 159 Å². The van der Waals surface area contributed by atoms with Crippen LogP contribution in [0.1, 0.15) is 31.4 Å². The molecule has 3 aromatic carbocycles. The lowest BCUT2D eigenvalue weighted by atomic mass is 10.0. The minimum Gasteiger partial charge on any atom is -0.505 e. The molecule has 5 N–H and O–H groups in total. The Labute approximate surface area is 250 Å². The minimum atomic E-state index is -1.30. The Bertz CT molecular complexity index is 1630. The van der Waals surface area contributed by atoms with Gasteiger partial charge in [0.15, 0.2) is 11.5 Å². The van der Waals surface area contributed by atoms with Gasteiger partial charge in [-0.2, -0.15) is 0 Å². The molecule has 11 nitrogen and oxygen atoms in total. The van der Waals surface area contributed by atoms with Crippen LogP contribution in [-0.2, 0) is 16.2 Å². The summed E-state index contributed by atoms with van der Waals surface area (Å²) in [6.45, 7) is 2.76. The number of aromatic hydroxyl groups is 2. The molecule has 232 valence electrons. The normalized spacial score (nSPS) is 21.3. The summed E-state index contributed by atoms with van der Waals surface area (Å²) in [5.74, 6) is -3.28. The third kappa shape index (κ3) is 6.38. The highest BCUT2D eigenvalue weighted by molar-refractivity contribution is 6.08. The summed E-state index contributed by atoms with van der Waals surface area (Å²) in [6.07, 6.45) is -1.99. The molecule has 1 aliphatic heterocycles. The predicted molar refractivity (Wildman–Crippen MR) is 153 cm³/mol. The van der Waals surface area contributed by atoms with Crippen molar-refractivity contribution in [1.29, 1.82) is 0 Å². The molecule has 1 amide bonds. The number of halogens is 2. The predicted octanol–water partition coefficient (Wildman–Crippen LogP) is 4.23. The molecule has 13 heteroatoms. The first kappa shape index (κ1) is 30.6. The number of hydrogen-bond acceptors (Lipinski definition) is 10. The van der Waals surface area contributed by atoms with E-state index in [-0.39, 0.29) is 53.9 Å². The number of rotatable bonds is 9. The fourth-order valence-corrected chi connectivity index (χ4v) is 4.93. The first-order chi connectivity index (χ1) is 21.0. The molecule has 1 fully saturated rings. The van der Waals surface area contributed by atoms with Gasteiger partial charge in [0.05, 0.1) is 11.8 Å². The van der Waals surface area contributed by atoms with E-state index in [9.17, 15) is 34.0 Å². The van der Waals surface area contributed by atoms with E-state index in [2.05, 4.69) is 10.5 Å². The van der Waals surface area contributed by atoms with Crippen LogP contribution in [0.25, 0.3) is 6.08 Å². The Morgan fingerprint density at radius 1 is 1.07 bits per heavy atom. The number of hydrogen-bond donors (Lipinski definition) is 5. The van der Waals surface area contributed by atoms with Crippen molar-refractivity contribution in [3.63, 3.8) is 0 Å². The van der Waals surface area contributed by atoms with Gasteiger partial charge in [-0.3, -0.25) is 4.79 Å². The van der Waals surface area contributed by atoms with Crippen molar-refractivity contribution in [3.05, 3.63) is 76.9 Å². The molecule has 0 bridgehead atoms. The lowest BCUT2D eigenvalue weighted by Crippen LogP contribution is -2.34. The molecule has 0 spiro atoms. The molecular weight excluding hydrogens is 582 g/mol. The second-order valence-electron chi connectivity index (χ2n) is 10.4. The number of nitrogens with one attached hydrogen (secondary N) is 1. The van der Waals surface area contributed by atoms with E-state index in [0.717, 1.165) is 6.07 Å². The number of fused-ring (bicyclic) bond motifs is 1. The summed E-state index contributed by atoms with van der Waals surface area (Å²) in [7, 11) is 0. The summed E-state index contributed by atoms with van der Waals surface area (Å²) in [5, 5.41) is 48.0. The number of nitrogens with zero attached hydrogens (tertiary/aromatic N) is 1. The number of benzene rings is 3. The molecule has 4 atom stereocenters. The average molecular weight is 613 g/mol. The quantitative estimate of drug-likeness (QED) is 0.103. The molecule has 0 radical (unpaired) electrons. The number of oxime groups is 1. The van der Waals surface area contributed by atoms with Gasteiger partial charge in [-0.1, -0.05) is 23.4 Å². The Balaban J connectivity index is 1.21. The molecule has 1 heterocycles. The highest BCUT2D eigenvalue weighted by Crippen LogP contribution is 2.49. The van der Waals surface area contributed by atoms with Crippen molar-refractivity contribution in [1.82, 2.24) is 0 Å². The number of carbonyl (C=O) groups excluding carboxylic acids is 1. The summed E-state index contributed by atoms with van der Waals surface area (Å²) in [4.78, 5) is 18.0. The highest BCUT2D eigenvalue weighted by Gasteiger charge is 2.44. The molecule has 0 aromatic heterocycles. The van der Waals surface area contributed by atoms with E-state index >= 15 is 0 Å². The van der Waals surface area contributed by atoms with Crippen LogP contribution < -0.4 is 19.5 Å². The van der Waals surface area contributed by atoms with Gasteiger partial charge in [-0.15, -0.1) is 0 Å². The molecule has 0 unspecified atom stereocenters. The molecule has 1 saturated carbocycles. The lowest BCUT2D eigenvalue weighted by molar-refractivity contribution is -0.112. The zero-order chi connectivity index (χ0) is 31.5. The van der Waals surface area contributed by atoms with E-state index in [1.54, 1.807) is 25.1 Å². The fourth-order valence-electron chi connectivity index (χ4n) is 4.93.